The van der Waals surface area contributed by atoms with Crippen LogP contribution in [0.1, 0.15) is 24.7 Å². The molecule has 2 heterocycles. The Balaban J connectivity index is 2.21. The fourth-order valence-corrected chi connectivity index (χ4v) is 3.15. The van der Waals surface area contributed by atoms with Crippen molar-refractivity contribution < 1.29 is 9.90 Å². The number of halogens is 1. The second-order valence-electron chi connectivity index (χ2n) is 4.36. The molecule has 104 valence electrons. The highest BCUT2D eigenvalue weighted by Crippen LogP contribution is 2.25. The van der Waals surface area contributed by atoms with Gasteiger partial charge in [-0.15, -0.1) is 11.3 Å². The molecule has 5 nitrogen and oxygen atoms in total. The van der Waals surface area contributed by atoms with Crippen molar-refractivity contribution >= 4 is 33.9 Å². The number of fused-ring (bicyclic) bond motifs is 1. The lowest BCUT2D eigenvalue weighted by atomic mass is 10.3. The van der Waals surface area contributed by atoms with Gasteiger partial charge in [-0.1, -0.05) is 18.5 Å². The van der Waals surface area contributed by atoms with E-state index in [1.54, 1.807) is 11.3 Å². The minimum absolute atomic E-state index is 0.135. The molecule has 0 radical (unpaired) electrons. The van der Waals surface area contributed by atoms with Gasteiger partial charge in [0.25, 0.3) is 0 Å². The summed E-state index contributed by atoms with van der Waals surface area (Å²) in [5.74, 6) is -0.783. The molecule has 0 saturated carbocycles. The molecule has 1 N–H and O–H groups in total. The van der Waals surface area contributed by atoms with Gasteiger partial charge in [-0.3, -0.25) is 14.1 Å². The number of aliphatic carboxylic acids is 1. The molecule has 0 aromatic carbocycles. The maximum absolute atomic E-state index is 10.6. The molecule has 2 rings (SSSR count). The van der Waals surface area contributed by atoms with Crippen LogP contribution in [0.15, 0.2) is 5.38 Å². The number of hydrogen-bond acceptors (Lipinski definition) is 4. The van der Waals surface area contributed by atoms with E-state index >= 15 is 0 Å². The summed E-state index contributed by atoms with van der Waals surface area (Å²) in [6.07, 6.45) is 0.135. The summed E-state index contributed by atoms with van der Waals surface area (Å²) >= 11 is 7.73. The third-order valence-electron chi connectivity index (χ3n) is 3.04. The zero-order valence-electron chi connectivity index (χ0n) is 10.9. The van der Waals surface area contributed by atoms with Crippen LogP contribution < -0.4 is 0 Å². The molecule has 0 saturated heterocycles. The van der Waals surface area contributed by atoms with Crippen LogP contribution in [0.5, 0.6) is 0 Å². The number of aryl methyl sites for hydroxylation is 1. The van der Waals surface area contributed by atoms with Crippen LogP contribution >= 0.6 is 22.9 Å². The fraction of sp³-hybridized carbons (Fsp3) is 0.500. The molecule has 0 atom stereocenters. The van der Waals surface area contributed by atoms with Crippen molar-refractivity contribution in [3.8, 4) is 0 Å². The number of thiazole rings is 1. The highest BCUT2D eigenvalue weighted by Gasteiger charge is 2.16. The van der Waals surface area contributed by atoms with Crippen LogP contribution in [0, 0.1) is 6.92 Å². The van der Waals surface area contributed by atoms with E-state index in [4.69, 9.17) is 16.7 Å². The van der Waals surface area contributed by atoms with Crippen molar-refractivity contribution in [3.63, 3.8) is 0 Å². The molecule has 2 aromatic heterocycles. The van der Waals surface area contributed by atoms with Crippen molar-refractivity contribution in [1.82, 2.24) is 14.3 Å². The van der Waals surface area contributed by atoms with E-state index in [9.17, 15) is 4.79 Å². The largest absolute Gasteiger partial charge is 0.481 e. The SMILES string of the molecule is CCN(CCC(=O)O)Cc1c(Cl)nc2scc(C)n12. The Morgan fingerprint density at radius 3 is 3.00 bits per heavy atom. The molecule has 0 aliphatic heterocycles. The van der Waals surface area contributed by atoms with E-state index in [1.807, 2.05) is 23.6 Å². The molecule has 0 aliphatic carbocycles. The van der Waals surface area contributed by atoms with Gasteiger partial charge >= 0.3 is 5.97 Å². The summed E-state index contributed by atoms with van der Waals surface area (Å²) in [7, 11) is 0. The second-order valence-corrected chi connectivity index (χ2v) is 5.55. The molecule has 0 bridgehead atoms. The molecule has 2 aromatic rings. The lowest BCUT2D eigenvalue weighted by Gasteiger charge is -2.19. The number of carbonyl (C=O) groups is 1. The molecular weight excluding hydrogens is 286 g/mol. The monoisotopic (exact) mass is 301 g/mol. The Kier molecular flexibility index (Phi) is 4.44. The van der Waals surface area contributed by atoms with E-state index in [1.165, 1.54) is 0 Å². The maximum atomic E-state index is 10.6. The fourth-order valence-electron chi connectivity index (χ4n) is 1.99. The van der Waals surface area contributed by atoms with E-state index in [-0.39, 0.29) is 6.42 Å². The number of aromatic nitrogens is 2. The van der Waals surface area contributed by atoms with E-state index in [2.05, 4.69) is 9.88 Å². The molecule has 0 amide bonds. The van der Waals surface area contributed by atoms with E-state index < -0.39 is 5.97 Å². The Labute approximate surface area is 120 Å². The predicted octanol–water partition coefficient (Wildman–Crippen LogP) is 2.65. The highest BCUT2D eigenvalue weighted by molar-refractivity contribution is 7.15. The number of rotatable bonds is 6. The lowest BCUT2D eigenvalue weighted by molar-refractivity contribution is -0.137. The highest BCUT2D eigenvalue weighted by atomic mass is 35.5. The molecule has 19 heavy (non-hydrogen) atoms. The molecule has 0 unspecified atom stereocenters. The molecule has 0 fully saturated rings. The van der Waals surface area contributed by atoms with Crippen LogP contribution in [0.25, 0.3) is 4.96 Å². The Bertz CT molecular complexity index is 593. The standard InChI is InChI=1S/C12H16ClN3O2S/c1-3-15(5-4-10(17)18)6-9-11(13)14-12-16(9)8(2)7-19-12/h7H,3-6H2,1-2H3,(H,17,18). The van der Waals surface area contributed by atoms with Crippen molar-refractivity contribution in [2.75, 3.05) is 13.1 Å². The summed E-state index contributed by atoms with van der Waals surface area (Å²) < 4.78 is 2.04. The van der Waals surface area contributed by atoms with Gasteiger partial charge in [0.15, 0.2) is 10.1 Å². The average Bonchev–Trinajstić information content (AvgIpc) is 2.85. The van der Waals surface area contributed by atoms with Crippen molar-refractivity contribution in [1.29, 1.82) is 0 Å². The maximum Gasteiger partial charge on any atom is 0.304 e. The summed E-state index contributed by atoms with van der Waals surface area (Å²) in [6.45, 7) is 5.92. The summed E-state index contributed by atoms with van der Waals surface area (Å²) in [4.78, 5) is 17.9. The van der Waals surface area contributed by atoms with Crippen LogP contribution in [0.4, 0.5) is 0 Å². The van der Waals surface area contributed by atoms with E-state index in [0.717, 1.165) is 22.9 Å². The van der Waals surface area contributed by atoms with Crippen LogP contribution in [0.2, 0.25) is 5.15 Å². The zero-order chi connectivity index (χ0) is 14.0. The molecule has 0 spiro atoms. The smallest absolute Gasteiger partial charge is 0.304 e. The third kappa shape index (κ3) is 3.08. The van der Waals surface area contributed by atoms with Crippen molar-refractivity contribution in [2.45, 2.75) is 26.8 Å². The van der Waals surface area contributed by atoms with Crippen LogP contribution in [-0.4, -0.2) is 38.4 Å². The van der Waals surface area contributed by atoms with Gasteiger partial charge in [-0.25, -0.2) is 4.98 Å². The minimum Gasteiger partial charge on any atom is -0.481 e. The Morgan fingerprint density at radius 1 is 1.63 bits per heavy atom. The third-order valence-corrected chi connectivity index (χ3v) is 4.29. The topological polar surface area (TPSA) is 57.8 Å². The second kappa shape index (κ2) is 5.90. The van der Waals surface area contributed by atoms with Gasteiger partial charge in [0, 0.05) is 24.2 Å². The number of hydrogen-bond donors (Lipinski definition) is 1. The molecule has 7 heteroatoms. The Morgan fingerprint density at radius 2 is 2.37 bits per heavy atom. The quantitative estimate of drug-likeness (QED) is 0.891. The van der Waals surface area contributed by atoms with Gasteiger partial charge in [-0.2, -0.15) is 0 Å². The van der Waals surface area contributed by atoms with Crippen LogP contribution in [0.3, 0.4) is 0 Å². The normalized spacial score (nSPS) is 11.6. The number of carboxylic acids is 1. The minimum atomic E-state index is -0.783. The van der Waals surface area contributed by atoms with Gasteiger partial charge in [0.2, 0.25) is 0 Å². The van der Waals surface area contributed by atoms with Crippen molar-refractivity contribution in [2.24, 2.45) is 0 Å². The van der Waals surface area contributed by atoms with Gasteiger partial charge in [-0.05, 0) is 13.5 Å². The van der Waals surface area contributed by atoms with Crippen LogP contribution in [-0.2, 0) is 11.3 Å². The predicted molar refractivity (Wildman–Crippen MR) is 76.0 cm³/mol. The zero-order valence-corrected chi connectivity index (χ0v) is 12.5. The summed E-state index contributed by atoms with van der Waals surface area (Å²) in [6, 6.07) is 0. The number of imidazole rings is 1. The number of carboxylic acid groups (broad SMARTS) is 1. The van der Waals surface area contributed by atoms with Crippen molar-refractivity contribution in [3.05, 3.63) is 21.9 Å². The first-order valence-corrected chi connectivity index (χ1v) is 7.33. The van der Waals surface area contributed by atoms with Gasteiger partial charge in [0.1, 0.15) is 0 Å². The van der Waals surface area contributed by atoms with Gasteiger partial charge < -0.3 is 5.11 Å². The summed E-state index contributed by atoms with van der Waals surface area (Å²) in [5, 5.41) is 11.3. The lowest BCUT2D eigenvalue weighted by Crippen LogP contribution is -2.26. The van der Waals surface area contributed by atoms with E-state index in [0.29, 0.717) is 18.2 Å². The number of nitrogens with zero attached hydrogens (tertiary/aromatic N) is 3. The Hall–Kier alpha value is -1.11. The first-order valence-electron chi connectivity index (χ1n) is 6.08. The first kappa shape index (κ1) is 14.3. The summed E-state index contributed by atoms with van der Waals surface area (Å²) in [5.41, 5.74) is 2.03. The first-order chi connectivity index (χ1) is 9.02. The van der Waals surface area contributed by atoms with Gasteiger partial charge in [0.05, 0.1) is 12.1 Å². The molecular formula is C12H16ClN3O2S. The molecule has 0 aliphatic rings. The average molecular weight is 302 g/mol.